The van der Waals surface area contributed by atoms with Crippen molar-refractivity contribution in [3.63, 3.8) is 0 Å². The van der Waals surface area contributed by atoms with Crippen molar-refractivity contribution in [2.24, 2.45) is 0 Å². The molecule has 16 atom stereocenters. The molecule has 23 aliphatic heterocycles. The fourth-order valence-electron chi connectivity index (χ4n) is 8.85. The molecule has 0 saturated carbocycles. The maximum absolute atomic E-state index is 6.24. The summed E-state index contributed by atoms with van der Waals surface area (Å²) in [4.78, 5) is 0. The topological polar surface area (TPSA) is 148 Å². The number of hydrogen-bond acceptors (Lipinski definition) is 28. The van der Waals surface area contributed by atoms with E-state index in [9.17, 15) is 0 Å². The van der Waals surface area contributed by atoms with Gasteiger partial charge in [0.15, 0.2) is 50.3 Å². The van der Waals surface area contributed by atoms with E-state index in [0.717, 1.165) is 138 Å². The molecule has 0 aromatic carbocycles. The quantitative estimate of drug-likeness (QED) is 0.252. The molecule has 23 heterocycles. The van der Waals surface area contributed by atoms with Crippen LogP contribution in [-0.4, -0.2) is 290 Å². The molecule has 0 N–H and O–H groups in total. The van der Waals surface area contributed by atoms with Crippen LogP contribution in [0.4, 0.5) is 0 Å². The maximum Gasteiger partial charge on any atom is 0.167 e. The molecule has 0 aromatic rings. The molecule has 23 aliphatic rings. The van der Waals surface area contributed by atoms with Gasteiger partial charge < -0.3 is 75.8 Å². The van der Waals surface area contributed by atoms with E-state index < -0.39 is 0 Å². The molecule has 440 valence electrons. The van der Waals surface area contributed by atoms with Gasteiger partial charge in [-0.1, -0.05) is 0 Å². The standard InChI is InChI=1S/C48H80O16S12/c1-9-69-25-41-49-17-34-33(57-41)18-51-43(59-34)27-71-11-3-66-5-13-73-29-45-53-21-38-37(61-45)22-55-47(63-38)31-75-15-7-68-8-16-76-32-48-56-24-39-40(64-48)23-54-46(62-39)30-74-14-6-67-4-12-72-28-44-52-20-35-36(60-44)19-50-42(58-35)26-70-10-2-65-1/h33-48H,1-32H2/t33-,34-,35-,36-,37-,38-,39-,40-,41+,42+,43+,44+,45+,46+,47+,48+/m0/s1. The lowest BCUT2D eigenvalue weighted by Gasteiger charge is -2.41. The zero-order chi connectivity index (χ0) is 51.7. The van der Waals surface area contributed by atoms with Crippen molar-refractivity contribution in [3.05, 3.63) is 0 Å². The van der Waals surface area contributed by atoms with Crippen molar-refractivity contribution in [3.8, 4) is 0 Å². The predicted octanol–water partition coefficient (Wildman–Crippen LogP) is 6.73. The van der Waals surface area contributed by atoms with Crippen LogP contribution in [0.15, 0.2) is 0 Å². The lowest BCUT2D eigenvalue weighted by Crippen LogP contribution is -2.54. The highest BCUT2D eigenvalue weighted by Crippen LogP contribution is 2.31. The van der Waals surface area contributed by atoms with Gasteiger partial charge in [0.2, 0.25) is 0 Å². The van der Waals surface area contributed by atoms with E-state index >= 15 is 0 Å². The second kappa shape index (κ2) is 38.0. The first-order valence-electron chi connectivity index (χ1n) is 26.8. The second-order valence-electron chi connectivity index (χ2n) is 18.5. The summed E-state index contributed by atoms with van der Waals surface area (Å²) in [5.41, 5.74) is 0. The molecule has 23 rings (SSSR count). The van der Waals surface area contributed by atoms with Crippen LogP contribution in [0.5, 0.6) is 0 Å². The van der Waals surface area contributed by atoms with Gasteiger partial charge in [-0.2, -0.15) is 141 Å². The van der Waals surface area contributed by atoms with E-state index in [0.29, 0.717) is 52.9 Å². The highest BCUT2D eigenvalue weighted by molar-refractivity contribution is 8.06. The van der Waals surface area contributed by atoms with Gasteiger partial charge in [-0.3, -0.25) is 0 Å². The average molecular weight is 1300 g/mol. The molecular formula is C48H80O16S12. The Bertz CT molecular complexity index is 1240. The van der Waals surface area contributed by atoms with Crippen molar-refractivity contribution in [2.45, 2.75) is 99.2 Å². The van der Waals surface area contributed by atoms with Crippen molar-refractivity contribution in [1.29, 1.82) is 0 Å². The Balaban J connectivity index is 0.618. The number of rotatable bonds is 0. The summed E-state index contributed by atoms with van der Waals surface area (Å²) in [7, 11) is 0. The molecule has 16 nitrogen and oxygen atoms in total. The smallest absolute Gasteiger partial charge is 0.167 e. The fourth-order valence-corrected chi connectivity index (χ4v) is 21.5. The van der Waals surface area contributed by atoms with Crippen molar-refractivity contribution in [1.82, 2.24) is 0 Å². The first-order chi connectivity index (χ1) is 37.7. The molecular weight excluding hydrogens is 1220 g/mol. The molecule has 0 spiro atoms. The van der Waals surface area contributed by atoms with Crippen LogP contribution in [0.25, 0.3) is 0 Å². The molecule has 0 unspecified atom stereocenters. The van der Waals surface area contributed by atoms with Crippen LogP contribution in [0.2, 0.25) is 0 Å². The Hall–Kier alpha value is 3.56. The maximum atomic E-state index is 6.24. The van der Waals surface area contributed by atoms with Crippen molar-refractivity contribution >= 4 is 141 Å². The zero-order valence-corrected chi connectivity index (χ0v) is 53.1. The van der Waals surface area contributed by atoms with Gasteiger partial charge in [0, 0.05) is 138 Å². The van der Waals surface area contributed by atoms with E-state index in [1.54, 1.807) is 0 Å². The Morgan fingerprint density at radius 3 is 0.408 bits per heavy atom. The molecule has 0 amide bonds. The van der Waals surface area contributed by atoms with Crippen molar-refractivity contribution < 1.29 is 75.8 Å². The lowest BCUT2D eigenvalue weighted by atomic mass is 10.2. The predicted molar refractivity (Wildman–Crippen MR) is 325 cm³/mol. The van der Waals surface area contributed by atoms with E-state index in [-0.39, 0.29) is 99.2 Å². The van der Waals surface area contributed by atoms with Crippen molar-refractivity contribution in [2.75, 3.05) is 191 Å². The van der Waals surface area contributed by atoms with Gasteiger partial charge in [0.05, 0.1) is 52.9 Å². The van der Waals surface area contributed by atoms with Crippen LogP contribution < -0.4 is 0 Å². The summed E-state index contributed by atoms with van der Waals surface area (Å²) in [5.74, 6) is 23.8. The molecule has 28 heteroatoms. The highest BCUT2D eigenvalue weighted by Gasteiger charge is 2.42. The summed E-state index contributed by atoms with van der Waals surface area (Å²) < 4.78 is 98.5. The van der Waals surface area contributed by atoms with Gasteiger partial charge in [-0.25, -0.2) is 0 Å². The Kier molecular flexibility index (Phi) is 32.0. The fraction of sp³-hybridized carbons (Fsp3) is 1.00. The van der Waals surface area contributed by atoms with E-state index in [2.05, 4.69) is 0 Å². The van der Waals surface area contributed by atoms with Gasteiger partial charge in [-0.05, 0) is 0 Å². The third-order valence-corrected chi connectivity index (χ3v) is 26.9. The van der Waals surface area contributed by atoms with E-state index in [4.69, 9.17) is 75.8 Å². The summed E-state index contributed by atoms with van der Waals surface area (Å²) in [6.45, 7) is 4.43. The minimum absolute atomic E-state index is 0.0730. The third kappa shape index (κ3) is 23.3. The van der Waals surface area contributed by atoms with Gasteiger partial charge in [0.1, 0.15) is 48.8 Å². The summed E-state index contributed by atoms with van der Waals surface area (Å²) in [6, 6.07) is 0. The largest absolute Gasteiger partial charge is 0.349 e. The first-order valence-corrected chi connectivity index (χ1v) is 40.6. The van der Waals surface area contributed by atoms with Crippen LogP contribution in [0, 0.1) is 0 Å². The highest BCUT2D eigenvalue weighted by atomic mass is 32.2. The number of thioether (sulfide) groups is 12. The molecule has 0 radical (unpaired) electrons. The minimum Gasteiger partial charge on any atom is -0.349 e. The normalized spacial score (nSPS) is 41.7. The molecule has 0 aromatic heterocycles. The second-order valence-corrected chi connectivity index (χ2v) is 32.6. The van der Waals surface area contributed by atoms with Crippen LogP contribution >= 0.6 is 141 Å². The van der Waals surface area contributed by atoms with Crippen LogP contribution in [0.3, 0.4) is 0 Å². The molecule has 76 heavy (non-hydrogen) atoms. The summed E-state index contributed by atoms with van der Waals surface area (Å²) in [6.07, 6.45) is -2.33. The Morgan fingerprint density at radius 2 is 0.276 bits per heavy atom. The molecule has 16 bridgehead atoms. The van der Waals surface area contributed by atoms with Crippen LogP contribution in [0.1, 0.15) is 0 Å². The summed E-state index contributed by atoms with van der Waals surface area (Å²) in [5, 5.41) is 0. The number of ether oxygens (including phenoxy) is 16. The third-order valence-electron chi connectivity index (χ3n) is 12.8. The SMILES string of the molecule is C1CSC[C@@H]2OC[C@@H]3O[C@H](CSCCSCCSC[C@@H]4OC[C@@H]5O[C@H](CSCCSCCSC[C@@H]6OC[C@@H]7O[C@H](CSCCSCCSC[C@@H]8OC[C@@H]9O[C@H](CSCCS1)OC[C@@H]9O8)OC[C@@H]7O6)OC[C@@H]5O4)OC[C@@H]3O2. The average Bonchev–Trinajstić information content (AvgIpc) is 3.45. The van der Waals surface area contributed by atoms with Gasteiger partial charge >= 0.3 is 0 Å². The molecule has 0 aliphatic carbocycles. The lowest BCUT2D eigenvalue weighted by molar-refractivity contribution is -0.326. The monoisotopic (exact) mass is 1300 g/mol. The Labute approximate surface area is 502 Å². The van der Waals surface area contributed by atoms with Crippen LogP contribution in [-0.2, 0) is 75.8 Å². The zero-order valence-electron chi connectivity index (χ0n) is 43.3. The van der Waals surface area contributed by atoms with Gasteiger partial charge in [0.25, 0.3) is 0 Å². The Morgan fingerprint density at radius 1 is 0.158 bits per heavy atom. The first kappa shape index (κ1) is 64.0. The summed E-state index contributed by atoms with van der Waals surface area (Å²) >= 11 is 23.0. The van der Waals surface area contributed by atoms with E-state index in [1.165, 1.54) is 0 Å². The minimum atomic E-state index is -0.218. The number of hydrogen-bond donors (Lipinski definition) is 0. The molecule has 23 fully saturated rings. The molecule has 23 saturated heterocycles. The van der Waals surface area contributed by atoms with E-state index in [1.807, 2.05) is 141 Å². The van der Waals surface area contributed by atoms with Gasteiger partial charge in [-0.15, -0.1) is 0 Å².